The third-order valence-corrected chi connectivity index (χ3v) is 3.80. The molecule has 1 aliphatic carbocycles. The average molecular weight is 279 g/mol. The minimum Gasteiger partial charge on any atom is -0.497 e. The fourth-order valence-electron chi connectivity index (χ4n) is 2.76. The molecule has 0 saturated heterocycles. The zero-order chi connectivity index (χ0) is 14.8. The molecule has 0 saturated carbocycles. The van der Waals surface area contributed by atoms with Crippen molar-refractivity contribution in [3.05, 3.63) is 41.0 Å². The molecule has 0 fully saturated rings. The van der Waals surface area contributed by atoms with Crippen molar-refractivity contribution in [3.63, 3.8) is 0 Å². The van der Waals surface area contributed by atoms with Crippen LogP contribution in [-0.2, 0) is 12.8 Å². The maximum absolute atomic E-state index is 9.27. The van der Waals surface area contributed by atoms with Gasteiger partial charge in [0.15, 0.2) is 0 Å². The third-order valence-electron chi connectivity index (χ3n) is 3.80. The van der Waals surface area contributed by atoms with Crippen molar-refractivity contribution in [2.45, 2.75) is 19.8 Å². The van der Waals surface area contributed by atoms with Gasteiger partial charge in [-0.25, -0.2) is 4.98 Å². The quantitative estimate of drug-likeness (QED) is 0.937. The van der Waals surface area contributed by atoms with E-state index in [1.165, 1.54) is 5.56 Å². The van der Waals surface area contributed by atoms with E-state index in [9.17, 15) is 5.26 Å². The van der Waals surface area contributed by atoms with E-state index >= 15 is 0 Å². The summed E-state index contributed by atoms with van der Waals surface area (Å²) in [5, 5.41) is 12.4. The highest BCUT2D eigenvalue weighted by atomic mass is 16.5. The van der Waals surface area contributed by atoms with Gasteiger partial charge in [-0.2, -0.15) is 5.26 Å². The molecule has 0 radical (unpaired) electrons. The van der Waals surface area contributed by atoms with E-state index in [1.54, 1.807) is 7.11 Å². The van der Waals surface area contributed by atoms with Gasteiger partial charge < -0.3 is 10.1 Å². The molecule has 1 aromatic carbocycles. The van der Waals surface area contributed by atoms with Crippen molar-refractivity contribution in [1.82, 2.24) is 4.98 Å². The van der Waals surface area contributed by atoms with Crippen LogP contribution in [0.1, 0.15) is 23.6 Å². The average Bonchev–Trinajstić information content (AvgIpc) is 2.54. The summed E-state index contributed by atoms with van der Waals surface area (Å²) in [6, 6.07) is 10.3. The fraction of sp³-hybridized carbons (Fsp3) is 0.294. The number of nitrogens with zero attached hydrogens (tertiary/aromatic N) is 2. The number of hydrogen-bond donors (Lipinski definition) is 1. The monoisotopic (exact) mass is 279 g/mol. The lowest BCUT2D eigenvalue weighted by atomic mass is 9.88. The molecule has 1 aliphatic rings. The lowest BCUT2D eigenvalue weighted by Gasteiger charge is -2.21. The molecule has 21 heavy (non-hydrogen) atoms. The zero-order valence-corrected chi connectivity index (χ0v) is 12.2. The molecular formula is C17H17N3O. The number of hydrogen-bond acceptors (Lipinski definition) is 4. The summed E-state index contributed by atoms with van der Waals surface area (Å²) in [7, 11) is 1.67. The van der Waals surface area contributed by atoms with Crippen LogP contribution in [0.5, 0.6) is 5.75 Å². The van der Waals surface area contributed by atoms with Crippen molar-refractivity contribution in [3.8, 4) is 23.1 Å². The van der Waals surface area contributed by atoms with E-state index in [0.717, 1.165) is 42.0 Å². The van der Waals surface area contributed by atoms with E-state index in [0.29, 0.717) is 11.4 Å². The lowest BCUT2D eigenvalue weighted by molar-refractivity contribution is 0.415. The summed E-state index contributed by atoms with van der Waals surface area (Å²) in [5.41, 5.74) is 5.10. The SMILES string of the molecule is CCNc1nc2c(cc1C#N)CCc1ccc(OC)cc1-2. The molecule has 0 unspecified atom stereocenters. The second-order valence-corrected chi connectivity index (χ2v) is 5.06. The minimum atomic E-state index is 0.613. The Bertz CT molecular complexity index is 732. The van der Waals surface area contributed by atoms with Gasteiger partial charge in [-0.3, -0.25) is 0 Å². The van der Waals surface area contributed by atoms with Crippen molar-refractivity contribution in [2.75, 3.05) is 19.0 Å². The number of rotatable bonds is 3. The standard InChI is InChI=1S/C17H17N3O/c1-3-19-17-13(10-18)8-12-5-4-11-6-7-14(21-2)9-15(11)16(12)20-17/h6-9H,3-5H2,1-2H3,(H,19,20). The molecule has 1 heterocycles. The Labute approximate surface area is 124 Å². The van der Waals surface area contributed by atoms with E-state index < -0.39 is 0 Å². The maximum atomic E-state index is 9.27. The van der Waals surface area contributed by atoms with E-state index in [2.05, 4.69) is 17.5 Å². The molecule has 0 aliphatic heterocycles. The van der Waals surface area contributed by atoms with Crippen molar-refractivity contribution < 1.29 is 4.74 Å². The first kappa shape index (κ1) is 13.4. The van der Waals surface area contributed by atoms with Crippen LogP contribution >= 0.6 is 0 Å². The number of anilines is 1. The first-order valence-corrected chi connectivity index (χ1v) is 7.12. The topological polar surface area (TPSA) is 57.9 Å². The Morgan fingerprint density at radius 1 is 1.29 bits per heavy atom. The molecule has 1 N–H and O–H groups in total. The number of methoxy groups -OCH3 is 1. The van der Waals surface area contributed by atoms with E-state index in [1.807, 2.05) is 25.1 Å². The van der Waals surface area contributed by atoms with Gasteiger partial charge in [0.05, 0.1) is 18.4 Å². The Balaban J connectivity index is 2.18. The second-order valence-electron chi connectivity index (χ2n) is 5.06. The van der Waals surface area contributed by atoms with Gasteiger partial charge in [-0.1, -0.05) is 6.07 Å². The van der Waals surface area contributed by atoms with Crippen LogP contribution in [0, 0.1) is 11.3 Å². The fourth-order valence-corrected chi connectivity index (χ4v) is 2.76. The highest BCUT2D eigenvalue weighted by Gasteiger charge is 2.20. The first-order chi connectivity index (χ1) is 10.3. The summed E-state index contributed by atoms with van der Waals surface area (Å²) in [6.07, 6.45) is 1.89. The van der Waals surface area contributed by atoms with Gasteiger partial charge in [0.25, 0.3) is 0 Å². The van der Waals surface area contributed by atoms with Gasteiger partial charge in [0.1, 0.15) is 17.6 Å². The Kier molecular flexibility index (Phi) is 3.49. The molecule has 0 spiro atoms. The molecule has 0 amide bonds. The van der Waals surface area contributed by atoms with Crippen LogP contribution in [0.4, 0.5) is 5.82 Å². The number of benzene rings is 1. The van der Waals surface area contributed by atoms with Gasteiger partial charge in [0.2, 0.25) is 0 Å². The zero-order valence-electron chi connectivity index (χ0n) is 12.2. The number of nitrogens with one attached hydrogen (secondary N) is 1. The summed E-state index contributed by atoms with van der Waals surface area (Å²) < 4.78 is 5.32. The molecule has 0 atom stereocenters. The number of ether oxygens (including phenoxy) is 1. The van der Waals surface area contributed by atoms with Crippen LogP contribution in [0.15, 0.2) is 24.3 Å². The van der Waals surface area contributed by atoms with Gasteiger partial charge in [0, 0.05) is 12.1 Å². The second kappa shape index (κ2) is 5.45. The minimum absolute atomic E-state index is 0.613. The molecule has 3 rings (SSSR count). The number of pyridine rings is 1. The lowest BCUT2D eigenvalue weighted by Crippen LogP contribution is -2.10. The molecular weight excluding hydrogens is 262 g/mol. The number of fused-ring (bicyclic) bond motifs is 3. The molecule has 4 nitrogen and oxygen atoms in total. The van der Waals surface area contributed by atoms with Crippen molar-refractivity contribution >= 4 is 5.82 Å². The summed E-state index contributed by atoms with van der Waals surface area (Å²) >= 11 is 0. The molecule has 106 valence electrons. The Morgan fingerprint density at radius 3 is 2.81 bits per heavy atom. The Morgan fingerprint density at radius 2 is 2.10 bits per heavy atom. The van der Waals surface area contributed by atoms with E-state index in [-0.39, 0.29) is 0 Å². The predicted octanol–water partition coefficient (Wildman–Crippen LogP) is 3.16. The third kappa shape index (κ3) is 2.31. The van der Waals surface area contributed by atoms with Crippen LogP contribution in [0.2, 0.25) is 0 Å². The summed E-state index contributed by atoms with van der Waals surface area (Å²) in [5.74, 6) is 1.49. The maximum Gasteiger partial charge on any atom is 0.144 e. The van der Waals surface area contributed by atoms with Crippen LogP contribution in [-0.4, -0.2) is 18.6 Å². The molecule has 2 aromatic rings. The number of aromatic nitrogens is 1. The van der Waals surface area contributed by atoms with Gasteiger partial charge in [-0.05, 0) is 49.1 Å². The van der Waals surface area contributed by atoms with Gasteiger partial charge in [-0.15, -0.1) is 0 Å². The van der Waals surface area contributed by atoms with E-state index in [4.69, 9.17) is 9.72 Å². The van der Waals surface area contributed by atoms with Crippen LogP contribution in [0.25, 0.3) is 11.3 Å². The molecule has 4 heteroatoms. The normalized spacial score (nSPS) is 12.0. The number of nitriles is 1. The van der Waals surface area contributed by atoms with Crippen molar-refractivity contribution in [2.24, 2.45) is 0 Å². The molecule has 0 bridgehead atoms. The Hall–Kier alpha value is -2.54. The summed E-state index contributed by atoms with van der Waals surface area (Å²) in [6.45, 7) is 2.74. The smallest absolute Gasteiger partial charge is 0.144 e. The highest BCUT2D eigenvalue weighted by Crippen LogP contribution is 2.36. The van der Waals surface area contributed by atoms with Crippen LogP contribution < -0.4 is 10.1 Å². The van der Waals surface area contributed by atoms with Crippen LogP contribution in [0.3, 0.4) is 0 Å². The number of aryl methyl sites for hydroxylation is 2. The first-order valence-electron chi connectivity index (χ1n) is 7.12. The van der Waals surface area contributed by atoms with Crippen molar-refractivity contribution in [1.29, 1.82) is 5.26 Å². The summed E-state index contributed by atoms with van der Waals surface area (Å²) in [4.78, 5) is 4.70. The highest BCUT2D eigenvalue weighted by molar-refractivity contribution is 5.74. The predicted molar refractivity (Wildman–Crippen MR) is 82.5 cm³/mol. The van der Waals surface area contributed by atoms with Gasteiger partial charge >= 0.3 is 0 Å². The molecule has 1 aromatic heterocycles. The largest absolute Gasteiger partial charge is 0.497 e.